The molecule has 0 bridgehead atoms. The fraction of sp³-hybridized carbons (Fsp3) is 0.250. The third-order valence-electron chi connectivity index (χ3n) is 1.56. The molecule has 5 heteroatoms. The molecule has 0 unspecified atom stereocenters. The van der Waals surface area contributed by atoms with Gasteiger partial charge in [-0.15, -0.1) is 3.89 Å². The summed E-state index contributed by atoms with van der Waals surface area (Å²) in [4.78, 5) is 0. The monoisotopic (exact) mass is 222 g/mol. The fourth-order valence-electron chi connectivity index (χ4n) is 0.996. The van der Waals surface area contributed by atoms with E-state index in [1.807, 2.05) is 0 Å². The summed E-state index contributed by atoms with van der Waals surface area (Å²) in [5.41, 5.74) is 1.15. The second-order valence-corrected chi connectivity index (χ2v) is 4.54. The molecule has 0 aliphatic carbocycles. The lowest BCUT2D eigenvalue weighted by Crippen LogP contribution is -1.96. The van der Waals surface area contributed by atoms with Crippen molar-refractivity contribution in [1.82, 2.24) is 0 Å². The van der Waals surface area contributed by atoms with Gasteiger partial charge in [0.05, 0.1) is 0 Å². The van der Waals surface area contributed by atoms with Crippen molar-refractivity contribution in [3.8, 4) is 0 Å². The molecule has 0 spiro atoms. The molecule has 0 amide bonds. The van der Waals surface area contributed by atoms with Gasteiger partial charge < -0.3 is 0 Å². The van der Waals surface area contributed by atoms with Crippen molar-refractivity contribution in [2.45, 2.75) is 12.7 Å². The van der Waals surface area contributed by atoms with Crippen LogP contribution in [0.4, 0.5) is 3.89 Å². The summed E-state index contributed by atoms with van der Waals surface area (Å²) in [5, 5.41) is 0.542. The Morgan fingerprint density at radius 2 is 2.08 bits per heavy atom. The predicted molar refractivity (Wildman–Crippen MR) is 49.9 cm³/mol. The van der Waals surface area contributed by atoms with E-state index in [1.165, 1.54) is 6.07 Å². The van der Waals surface area contributed by atoms with Gasteiger partial charge in [-0.1, -0.05) is 23.7 Å². The number of halogens is 2. The molecule has 0 atom stereocenters. The van der Waals surface area contributed by atoms with E-state index in [1.54, 1.807) is 19.1 Å². The number of rotatable bonds is 2. The Kier molecular flexibility index (Phi) is 2.93. The van der Waals surface area contributed by atoms with Gasteiger partial charge in [0.25, 0.3) is 0 Å². The van der Waals surface area contributed by atoms with Gasteiger partial charge in [0.1, 0.15) is 5.75 Å². The summed E-state index contributed by atoms with van der Waals surface area (Å²) in [6.07, 6.45) is 0. The Morgan fingerprint density at radius 3 is 2.54 bits per heavy atom. The fourth-order valence-corrected chi connectivity index (χ4v) is 1.69. The molecule has 0 N–H and O–H groups in total. The van der Waals surface area contributed by atoms with Crippen molar-refractivity contribution in [2.75, 3.05) is 0 Å². The van der Waals surface area contributed by atoms with E-state index < -0.39 is 16.0 Å². The lowest BCUT2D eigenvalue weighted by molar-refractivity contribution is 0.551. The first-order valence-electron chi connectivity index (χ1n) is 3.56. The van der Waals surface area contributed by atoms with Gasteiger partial charge in [0.15, 0.2) is 0 Å². The van der Waals surface area contributed by atoms with Gasteiger partial charge in [0, 0.05) is 5.02 Å². The molecule has 0 aliphatic heterocycles. The zero-order valence-corrected chi connectivity index (χ0v) is 8.49. The highest BCUT2D eigenvalue weighted by atomic mass is 35.5. The molecule has 0 saturated carbocycles. The van der Waals surface area contributed by atoms with E-state index in [9.17, 15) is 12.3 Å². The molecule has 13 heavy (non-hydrogen) atoms. The second-order valence-electron chi connectivity index (χ2n) is 2.77. The molecule has 0 fully saturated rings. The Balaban J connectivity index is 2.99. The van der Waals surface area contributed by atoms with Crippen LogP contribution < -0.4 is 0 Å². The lowest BCUT2D eigenvalue weighted by Gasteiger charge is -2.00. The van der Waals surface area contributed by atoms with Gasteiger partial charge in [-0.05, 0) is 24.1 Å². The first-order chi connectivity index (χ1) is 5.88. The SMILES string of the molecule is Cc1cc(CS(=O)(=O)F)ccc1Cl. The Labute approximate surface area is 81.6 Å². The Hall–Kier alpha value is -0.610. The zero-order chi connectivity index (χ0) is 10.1. The van der Waals surface area contributed by atoms with E-state index in [0.717, 1.165) is 5.56 Å². The van der Waals surface area contributed by atoms with Crippen LogP contribution in [-0.4, -0.2) is 8.42 Å². The molecule has 0 aromatic heterocycles. The summed E-state index contributed by atoms with van der Waals surface area (Å²) < 4.78 is 32.8. The van der Waals surface area contributed by atoms with Crippen LogP contribution in [0.2, 0.25) is 5.02 Å². The Bertz CT molecular complexity index is 414. The van der Waals surface area contributed by atoms with Crippen molar-refractivity contribution in [3.63, 3.8) is 0 Å². The maximum absolute atomic E-state index is 12.2. The largest absolute Gasteiger partial charge is 0.306 e. The van der Waals surface area contributed by atoms with Gasteiger partial charge in [-0.3, -0.25) is 0 Å². The molecule has 1 aromatic carbocycles. The van der Waals surface area contributed by atoms with Crippen LogP contribution >= 0.6 is 11.6 Å². The second kappa shape index (κ2) is 3.64. The molecule has 2 nitrogen and oxygen atoms in total. The first kappa shape index (κ1) is 10.5. The minimum absolute atomic E-state index is 0.407. The maximum atomic E-state index is 12.2. The van der Waals surface area contributed by atoms with Gasteiger partial charge in [-0.25, -0.2) is 0 Å². The average molecular weight is 223 g/mol. The molecular weight excluding hydrogens is 215 g/mol. The molecule has 72 valence electrons. The molecule has 0 heterocycles. The Morgan fingerprint density at radius 1 is 1.46 bits per heavy atom. The molecular formula is C8H8ClFO2S. The maximum Gasteiger partial charge on any atom is 0.306 e. The van der Waals surface area contributed by atoms with E-state index in [0.29, 0.717) is 10.6 Å². The van der Waals surface area contributed by atoms with Crippen LogP contribution in [0.1, 0.15) is 11.1 Å². The normalized spacial score (nSPS) is 11.6. The number of hydrogen-bond acceptors (Lipinski definition) is 2. The van der Waals surface area contributed by atoms with Crippen molar-refractivity contribution < 1.29 is 12.3 Å². The topological polar surface area (TPSA) is 34.1 Å². The van der Waals surface area contributed by atoms with Crippen molar-refractivity contribution in [1.29, 1.82) is 0 Å². The minimum Gasteiger partial charge on any atom is -0.194 e. The lowest BCUT2D eigenvalue weighted by atomic mass is 10.2. The highest BCUT2D eigenvalue weighted by molar-refractivity contribution is 7.85. The summed E-state index contributed by atoms with van der Waals surface area (Å²) in [6, 6.07) is 4.60. The van der Waals surface area contributed by atoms with Crippen LogP contribution in [0.15, 0.2) is 18.2 Å². The van der Waals surface area contributed by atoms with Crippen LogP contribution in [0.25, 0.3) is 0 Å². The standard InChI is InChI=1S/C8H8ClFO2S/c1-6-4-7(2-3-8(6)9)5-13(10,11)12/h2-4H,5H2,1H3. The summed E-state index contributed by atoms with van der Waals surface area (Å²) >= 11 is 5.71. The smallest absolute Gasteiger partial charge is 0.194 e. The molecule has 1 rings (SSSR count). The van der Waals surface area contributed by atoms with Crippen LogP contribution in [0.3, 0.4) is 0 Å². The first-order valence-corrected chi connectivity index (χ1v) is 5.49. The summed E-state index contributed by atoms with van der Waals surface area (Å²) in [7, 11) is -4.45. The van der Waals surface area contributed by atoms with Crippen molar-refractivity contribution >= 4 is 21.8 Å². The number of benzene rings is 1. The van der Waals surface area contributed by atoms with Crippen LogP contribution in [0, 0.1) is 6.92 Å². The summed E-state index contributed by atoms with van der Waals surface area (Å²) in [6.45, 7) is 1.73. The van der Waals surface area contributed by atoms with Gasteiger partial charge in [0.2, 0.25) is 0 Å². The van der Waals surface area contributed by atoms with E-state index in [4.69, 9.17) is 11.6 Å². The van der Waals surface area contributed by atoms with E-state index >= 15 is 0 Å². The van der Waals surface area contributed by atoms with Crippen molar-refractivity contribution in [3.05, 3.63) is 34.3 Å². The average Bonchev–Trinajstić information content (AvgIpc) is 1.94. The molecule has 0 saturated heterocycles. The molecule has 1 aromatic rings. The van der Waals surface area contributed by atoms with E-state index in [-0.39, 0.29) is 0 Å². The molecule has 0 aliphatic rings. The summed E-state index contributed by atoms with van der Waals surface area (Å²) in [5.74, 6) is -0.592. The van der Waals surface area contributed by atoms with Crippen LogP contribution in [-0.2, 0) is 16.0 Å². The van der Waals surface area contributed by atoms with Gasteiger partial charge >= 0.3 is 10.2 Å². The van der Waals surface area contributed by atoms with Crippen molar-refractivity contribution in [2.24, 2.45) is 0 Å². The third kappa shape index (κ3) is 3.32. The van der Waals surface area contributed by atoms with E-state index in [2.05, 4.69) is 0 Å². The van der Waals surface area contributed by atoms with Gasteiger partial charge in [-0.2, -0.15) is 8.42 Å². The third-order valence-corrected chi connectivity index (χ3v) is 2.66. The van der Waals surface area contributed by atoms with Crippen LogP contribution in [0.5, 0.6) is 0 Å². The minimum atomic E-state index is -4.45. The number of hydrogen-bond donors (Lipinski definition) is 0. The quantitative estimate of drug-likeness (QED) is 0.721. The number of aryl methyl sites for hydroxylation is 1. The highest BCUT2D eigenvalue weighted by Crippen LogP contribution is 2.17. The zero-order valence-electron chi connectivity index (χ0n) is 6.92. The molecule has 0 radical (unpaired) electrons. The highest BCUT2D eigenvalue weighted by Gasteiger charge is 2.09. The predicted octanol–water partition coefficient (Wildman–Crippen LogP) is 2.45.